The fourth-order valence-electron chi connectivity index (χ4n) is 2.04. The lowest BCUT2D eigenvalue weighted by Crippen LogP contribution is -2.41. The van der Waals surface area contributed by atoms with Crippen molar-refractivity contribution in [2.24, 2.45) is 0 Å². The maximum Gasteiger partial charge on any atom is 0.153 e. The molecule has 1 unspecified atom stereocenters. The summed E-state index contributed by atoms with van der Waals surface area (Å²) in [6, 6.07) is 9.61. The predicted molar refractivity (Wildman–Crippen MR) is 74.5 cm³/mol. The molecule has 1 aliphatic rings. The third-order valence-electron chi connectivity index (χ3n) is 2.98. The molecule has 0 bridgehead atoms. The first kappa shape index (κ1) is 10.5. The van der Waals surface area contributed by atoms with Crippen molar-refractivity contribution in [2.75, 3.05) is 16.9 Å². The van der Waals surface area contributed by atoms with Gasteiger partial charge < -0.3 is 15.3 Å². The van der Waals surface area contributed by atoms with Gasteiger partial charge in [-0.05, 0) is 24.3 Å². The van der Waals surface area contributed by atoms with E-state index in [1.807, 2.05) is 42.5 Å². The molecule has 0 amide bonds. The van der Waals surface area contributed by atoms with Crippen LogP contribution in [0.2, 0.25) is 0 Å². The van der Waals surface area contributed by atoms with Gasteiger partial charge in [-0.3, -0.25) is 4.98 Å². The Balaban J connectivity index is 1.89. The number of nitrogens with zero attached hydrogens (tertiary/aromatic N) is 3. The summed E-state index contributed by atoms with van der Waals surface area (Å²) in [6.07, 6.45) is 5.04. The van der Waals surface area contributed by atoms with Gasteiger partial charge in [-0.2, -0.15) is 0 Å². The number of aromatic nitrogens is 2. The summed E-state index contributed by atoms with van der Waals surface area (Å²) in [4.78, 5) is 10.0. The molecule has 1 atom stereocenters. The number of benzene rings is 1. The molecule has 2 heterocycles. The van der Waals surface area contributed by atoms with E-state index in [4.69, 9.17) is 1.37 Å². The highest BCUT2D eigenvalue weighted by atomic mass is 16.3. The molecule has 2 N–H and O–H groups in total. The minimum Gasteiger partial charge on any atom is -0.376 e. The van der Waals surface area contributed by atoms with Crippen molar-refractivity contribution in [3.05, 3.63) is 54.5 Å². The first-order valence-electron chi connectivity index (χ1n) is 6.49. The zero-order valence-electron chi connectivity index (χ0n) is 11.2. The molecule has 1 aliphatic heterocycles. The second-order valence-electron chi connectivity index (χ2n) is 4.13. The highest BCUT2D eigenvalue weighted by Gasteiger charge is 2.20. The lowest BCUT2D eigenvalue weighted by molar-refractivity contribution is 0.286. The zero-order valence-corrected chi connectivity index (χ0v) is 10.2. The molecule has 5 nitrogen and oxygen atoms in total. The Bertz CT molecular complexity index is 632. The van der Waals surface area contributed by atoms with Crippen LogP contribution >= 0.6 is 0 Å². The van der Waals surface area contributed by atoms with Gasteiger partial charge in [0.05, 0.1) is 1.37 Å². The van der Waals surface area contributed by atoms with Gasteiger partial charge in [-0.1, -0.05) is 18.2 Å². The topological polar surface area (TPSA) is 61.3 Å². The molecule has 96 valence electrons. The Morgan fingerprint density at radius 3 is 2.95 bits per heavy atom. The van der Waals surface area contributed by atoms with E-state index in [9.17, 15) is 5.11 Å². The van der Waals surface area contributed by atoms with Gasteiger partial charge in [0, 0.05) is 18.1 Å². The number of hydrogen-bond acceptors (Lipinski definition) is 5. The van der Waals surface area contributed by atoms with Crippen LogP contribution in [-0.4, -0.2) is 28.0 Å². The Morgan fingerprint density at radius 2 is 2.16 bits per heavy atom. The fourth-order valence-corrected chi connectivity index (χ4v) is 2.04. The van der Waals surface area contributed by atoms with Crippen LogP contribution in [-0.2, 0) is 0 Å². The molecule has 5 heteroatoms. The van der Waals surface area contributed by atoms with E-state index < -0.39 is 0 Å². The van der Waals surface area contributed by atoms with Gasteiger partial charge in [0.2, 0.25) is 0 Å². The van der Waals surface area contributed by atoms with Crippen LogP contribution in [0.5, 0.6) is 0 Å². The predicted octanol–water partition coefficient (Wildman–Crippen LogP) is 1.70. The number of aliphatic hydroxyl groups is 1. The van der Waals surface area contributed by atoms with E-state index in [2.05, 4.69) is 15.3 Å². The summed E-state index contributed by atoms with van der Waals surface area (Å²) in [6.45, 7) is -0.130. The number of hydrogen-bond donors (Lipinski definition) is 2. The van der Waals surface area contributed by atoms with E-state index in [1.165, 1.54) is 6.20 Å². The average Bonchev–Trinajstić information content (AvgIpc) is 2.49. The van der Waals surface area contributed by atoms with Gasteiger partial charge in [0.25, 0.3) is 0 Å². The molecule has 1 aromatic heterocycles. The molecule has 1 aromatic carbocycles. The van der Waals surface area contributed by atoms with Crippen LogP contribution in [0.3, 0.4) is 0 Å². The third-order valence-corrected chi connectivity index (χ3v) is 2.98. The highest BCUT2D eigenvalue weighted by molar-refractivity contribution is 5.66. The largest absolute Gasteiger partial charge is 0.376 e. The zero-order chi connectivity index (χ0) is 13.9. The SMILES string of the molecule is [2H]c1cnc2c(n1)NC(N(CO)c1ccccc1)C=C2. The van der Waals surface area contributed by atoms with Gasteiger partial charge in [-0.25, -0.2) is 4.98 Å². The Morgan fingerprint density at radius 1 is 1.32 bits per heavy atom. The number of rotatable bonds is 3. The quantitative estimate of drug-likeness (QED) is 0.817. The van der Waals surface area contributed by atoms with Crippen molar-refractivity contribution < 1.29 is 6.48 Å². The van der Waals surface area contributed by atoms with E-state index in [1.54, 1.807) is 4.90 Å². The Hall–Kier alpha value is -2.40. The van der Waals surface area contributed by atoms with Crippen LogP contribution in [0.15, 0.2) is 48.8 Å². The molecule has 3 rings (SSSR count). The maximum absolute atomic E-state index is 9.61. The van der Waals surface area contributed by atoms with Gasteiger partial charge in [-0.15, -0.1) is 0 Å². The van der Waals surface area contributed by atoms with Crippen molar-refractivity contribution in [3.8, 4) is 0 Å². The third kappa shape index (κ3) is 2.28. The van der Waals surface area contributed by atoms with Crippen LogP contribution in [0, 0.1) is 0 Å². The number of aliphatic hydroxyl groups excluding tert-OH is 1. The monoisotopic (exact) mass is 255 g/mol. The molecule has 0 fully saturated rings. The normalized spacial score (nSPS) is 17.3. The molecule has 0 spiro atoms. The fraction of sp³-hybridized carbons (Fsp3) is 0.143. The number of para-hydroxylation sites is 1. The molecule has 0 aliphatic carbocycles. The second-order valence-corrected chi connectivity index (χ2v) is 4.13. The van der Waals surface area contributed by atoms with Crippen LogP contribution in [0.25, 0.3) is 6.08 Å². The second kappa shape index (κ2) is 5.07. The van der Waals surface area contributed by atoms with E-state index in [0.717, 1.165) is 5.69 Å². The average molecular weight is 255 g/mol. The molecule has 0 saturated heterocycles. The minimum absolute atomic E-state index is 0.112. The smallest absolute Gasteiger partial charge is 0.153 e. The van der Waals surface area contributed by atoms with Crippen molar-refractivity contribution in [3.63, 3.8) is 0 Å². The van der Waals surface area contributed by atoms with Gasteiger partial charge in [0.15, 0.2) is 5.82 Å². The molecular formula is C14H14N4O. The lowest BCUT2D eigenvalue weighted by Gasteiger charge is -2.32. The van der Waals surface area contributed by atoms with E-state index in [0.29, 0.717) is 11.5 Å². The van der Waals surface area contributed by atoms with E-state index >= 15 is 0 Å². The van der Waals surface area contributed by atoms with Crippen molar-refractivity contribution >= 4 is 17.6 Å². The first-order valence-corrected chi connectivity index (χ1v) is 5.99. The Labute approximate surface area is 112 Å². The summed E-state index contributed by atoms with van der Waals surface area (Å²) in [5.74, 6) is 0.555. The van der Waals surface area contributed by atoms with Crippen LogP contribution in [0.1, 0.15) is 7.06 Å². The summed E-state index contributed by atoms with van der Waals surface area (Å²) in [7, 11) is 0. The summed E-state index contributed by atoms with van der Waals surface area (Å²) >= 11 is 0. The van der Waals surface area contributed by atoms with Gasteiger partial charge in [0.1, 0.15) is 18.6 Å². The maximum atomic E-state index is 9.61. The number of nitrogens with one attached hydrogen (secondary N) is 1. The van der Waals surface area contributed by atoms with Crippen molar-refractivity contribution in [2.45, 2.75) is 6.17 Å². The molecular weight excluding hydrogens is 240 g/mol. The summed E-state index contributed by atoms with van der Waals surface area (Å²) in [5, 5.41) is 12.8. The number of anilines is 2. The molecule has 0 radical (unpaired) electrons. The molecule has 2 aromatic rings. The van der Waals surface area contributed by atoms with Gasteiger partial charge >= 0.3 is 0 Å². The number of fused-ring (bicyclic) bond motifs is 1. The summed E-state index contributed by atoms with van der Waals surface area (Å²) < 4.78 is 7.52. The lowest BCUT2D eigenvalue weighted by atomic mass is 10.2. The highest BCUT2D eigenvalue weighted by Crippen LogP contribution is 2.23. The first-order chi connectivity index (χ1) is 9.78. The van der Waals surface area contributed by atoms with Crippen molar-refractivity contribution in [1.82, 2.24) is 9.97 Å². The van der Waals surface area contributed by atoms with Crippen LogP contribution in [0.4, 0.5) is 11.5 Å². The minimum atomic E-state index is -0.231. The standard InChI is InChI=1S/C14H14N4O/c19-10-18(11-4-2-1-3-5-11)13-7-6-12-14(17-13)16-9-8-15-12/h1-9,13,19H,10H2,(H,16,17)/i9D. The van der Waals surface area contributed by atoms with Crippen molar-refractivity contribution in [1.29, 1.82) is 0 Å². The summed E-state index contributed by atoms with van der Waals surface area (Å²) in [5.41, 5.74) is 1.60. The Kier molecular flexibility index (Phi) is 2.81. The molecule has 19 heavy (non-hydrogen) atoms. The molecule has 0 saturated carbocycles. The van der Waals surface area contributed by atoms with Crippen LogP contribution < -0.4 is 10.2 Å². The van der Waals surface area contributed by atoms with E-state index in [-0.39, 0.29) is 19.1 Å².